The zero-order valence-electron chi connectivity index (χ0n) is 17.8. The summed E-state index contributed by atoms with van der Waals surface area (Å²) in [6.45, 7) is 2.14. The minimum absolute atomic E-state index is 0.178. The summed E-state index contributed by atoms with van der Waals surface area (Å²) in [6, 6.07) is 30.7. The van der Waals surface area contributed by atoms with Crippen molar-refractivity contribution in [2.45, 2.75) is 39.0 Å². The summed E-state index contributed by atoms with van der Waals surface area (Å²) in [5.41, 5.74) is 5.81. The summed E-state index contributed by atoms with van der Waals surface area (Å²) in [6.07, 6.45) is 8.90. The lowest BCUT2D eigenvalue weighted by atomic mass is 9.95. The van der Waals surface area contributed by atoms with Crippen molar-refractivity contribution in [2.24, 2.45) is 0 Å². The molecule has 0 aliphatic carbocycles. The van der Waals surface area contributed by atoms with Crippen LogP contribution in [0.4, 0.5) is 0 Å². The van der Waals surface area contributed by atoms with E-state index in [1.807, 2.05) is 42.5 Å². The summed E-state index contributed by atoms with van der Waals surface area (Å²) in [7, 11) is 0. The van der Waals surface area contributed by atoms with Gasteiger partial charge >= 0.3 is 0 Å². The molecule has 0 saturated heterocycles. The van der Waals surface area contributed by atoms with Crippen molar-refractivity contribution < 1.29 is 4.79 Å². The van der Waals surface area contributed by atoms with Gasteiger partial charge in [-0.1, -0.05) is 109 Å². The van der Waals surface area contributed by atoms with Crippen molar-refractivity contribution in [3.8, 4) is 0 Å². The van der Waals surface area contributed by atoms with Gasteiger partial charge in [-0.05, 0) is 49.3 Å². The van der Waals surface area contributed by atoms with Crippen molar-refractivity contribution >= 4 is 5.78 Å². The number of rotatable bonds is 10. The van der Waals surface area contributed by atoms with E-state index in [1.54, 1.807) is 0 Å². The second-order valence-electron chi connectivity index (χ2n) is 7.63. The number of carbonyl (C=O) groups excluding carboxylic acids is 1. The highest BCUT2D eigenvalue weighted by Crippen LogP contribution is 2.20. The molecular weight excluding hydrogens is 364 g/mol. The molecule has 1 heteroatoms. The molecule has 3 aromatic carbocycles. The van der Waals surface area contributed by atoms with Crippen LogP contribution in [0.1, 0.15) is 47.7 Å². The molecule has 0 fully saturated rings. The zero-order chi connectivity index (χ0) is 21.0. The maximum atomic E-state index is 12.8. The van der Waals surface area contributed by atoms with Crippen LogP contribution in [0.15, 0.2) is 114 Å². The topological polar surface area (TPSA) is 17.1 Å². The first kappa shape index (κ1) is 21.5. The van der Waals surface area contributed by atoms with E-state index in [1.165, 1.54) is 16.7 Å². The number of allylic oxidation sites excluding steroid dienone is 4. The molecule has 1 nitrogen and oxygen atoms in total. The average Bonchev–Trinajstić information content (AvgIpc) is 2.80. The lowest BCUT2D eigenvalue weighted by molar-refractivity contribution is 0.0993. The van der Waals surface area contributed by atoms with Gasteiger partial charge in [-0.3, -0.25) is 4.79 Å². The van der Waals surface area contributed by atoms with E-state index >= 15 is 0 Å². The van der Waals surface area contributed by atoms with Gasteiger partial charge in [0.25, 0.3) is 0 Å². The predicted octanol–water partition coefficient (Wildman–Crippen LogP) is 7.40. The Kier molecular flexibility index (Phi) is 8.41. The molecular formula is C29H30O. The molecule has 0 aliphatic rings. The Morgan fingerprint density at radius 1 is 0.667 bits per heavy atom. The number of ketones is 1. The molecule has 0 amide bonds. The monoisotopic (exact) mass is 394 g/mol. The van der Waals surface area contributed by atoms with Crippen LogP contribution >= 0.6 is 0 Å². The fourth-order valence-corrected chi connectivity index (χ4v) is 3.56. The van der Waals surface area contributed by atoms with E-state index in [0.29, 0.717) is 6.42 Å². The Labute approximate surface area is 180 Å². The van der Waals surface area contributed by atoms with Gasteiger partial charge in [0.05, 0.1) is 0 Å². The Balaban J connectivity index is 1.69. The summed E-state index contributed by atoms with van der Waals surface area (Å²) in [5.74, 6) is 0.178. The molecule has 0 aliphatic heterocycles. The standard InChI is InChI=1S/C29H30O/c1-24(13-11-18-25-14-5-2-6-15-25)28(22-12-19-26-16-7-3-8-17-26)23-29(30)27-20-9-4-10-21-27/h2-10,13-17,20-22H,11-12,18-19,23H2,1H3/b24-13+,28-22+. The summed E-state index contributed by atoms with van der Waals surface area (Å²) < 4.78 is 0. The van der Waals surface area contributed by atoms with Crippen molar-refractivity contribution in [2.75, 3.05) is 0 Å². The molecule has 0 saturated carbocycles. The first-order valence-corrected chi connectivity index (χ1v) is 10.7. The normalized spacial score (nSPS) is 12.0. The van der Waals surface area contributed by atoms with Gasteiger partial charge in [0, 0.05) is 12.0 Å². The number of benzene rings is 3. The minimum atomic E-state index is 0.178. The average molecular weight is 395 g/mol. The summed E-state index contributed by atoms with van der Waals surface area (Å²) in [5, 5.41) is 0. The molecule has 3 rings (SSSR count). The highest BCUT2D eigenvalue weighted by Gasteiger charge is 2.10. The molecule has 0 atom stereocenters. The van der Waals surface area contributed by atoms with E-state index in [2.05, 4.69) is 67.6 Å². The van der Waals surface area contributed by atoms with Crippen LogP contribution in [-0.2, 0) is 12.8 Å². The third-order valence-corrected chi connectivity index (χ3v) is 5.35. The Bertz CT molecular complexity index is 967. The van der Waals surface area contributed by atoms with E-state index in [-0.39, 0.29) is 5.78 Å². The number of carbonyl (C=O) groups is 1. The Morgan fingerprint density at radius 2 is 1.13 bits per heavy atom. The first-order chi connectivity index (χ1) is 14.7. The molecule has 30 heavy (non-hydrogen) atoms. The summed E-state index contributed by atoms with van der Waals surface area (Å²) in [4.78, 5) is 12.8. The van der Waals surface area contributed by atoms with Gasteiger partial charge < -0.3 is 0 Å². The number of Topliss-reactive ketones (excluding diaryl/α,β-unsaturated/α-hetero) is 1. The van der Waals surface area contributed by atoms with E-state index in [0.717, 1.165) is 36.8 Å². The third kappa shape index (κ3) is 7.00. The lowest BCUT2D eigenvalue weighted by Crippen LogP contribution is -2.02. The van der Waals surface area contributed by atoms with E-state index in [4.69, 9.17) is 0 Å². The van der Waals surface area contributed by atoms with Crippen LogP contribution in [0.5, 0.6) is 0 Å². The van der Waals surface area contributed by atoms with Gasteiger partial charge in [-0.25, -0.2) is 0 Å². The maximum Gasteiger partial charge on any atom is 0.167 e. The predicted molar refractivity (Wildman–Crippen MR) is 127 cm³/mol. The smallest absolute Gasteiger partial charge is 0.167 e. The van der Waals surface area contributed by atoms with Crippen LogP contribution < -0.4 is 0 Å². The van der Waals surface area contributed by atoms with Gasteiger partial charge in [-0.2, -0.15) is 0 Å². The third-order valence-electron chi connectivity index (χ3n) is 5.35. The number of hydrogen-bond donors (Lipinski definition) is 0. The lowest BCUT2D eigenvalue weighted by Gasteiger charge is -2.10. The highest BCUT2D eigenvalue weighted by atomic mass is 16.1. The molecule has 0 unspecified atom stereocenters. The van der Waals surface area contributed by atoms with Gasteiger partial charge in [0.2, 0.25) is 0 Å². The van der Waals surface area contributed by atoms with Crippen molar-refractivity contribution in [1.29, 1.82) is 0 Å². The van der Waals surface area contributed by atoms with Crippen molar-refractivity contribution in [3.05, 3.63) is 131 Å². The second-order valence-corrected chi connectivity index (χ2v) is 7.63. The Hall–Kier alpha value is -3.19. The van der Waals surface area contributed by atoms with E-state index < -0.39 is 0 Å². The maximum absolute atomic E-state index is 12.8. The minimum Gasteiger partial charge on any atom is -0.294 e. The summed E-state index contributed by atoms with van der Waals surface area (Å²) >= 11 is 0. The van der Waals surface area contributed by atoms with Crippen LogP contribution in [0.2, 0.25) is 0 Å². The van der Waals surface area contributed by atoms with Crippen LogP contribution in [0, 0.1) is 0 Å². The molecule has 0 heterocycles. The van der Waals surface area contributed by atoms with Gasteiger partial charge in [0.1, 0.15) is 0 Å². The molecule has 0 aromatic heterocycles. The van der Waals surface area contributed by atoms with Crippen molar-refractivity contribution in [3.63, 3.8) is 0 Å². The molecule has 0 bridgehead atoms. The fourth-order valence-electron chi connectivity index (χ4n) is 3.56. The molecule has 0 radical (unpaired) electrons. The van der Waals surface area contributed by atoms with Crippen LogP contribution in [0.3, 0.4) is 0 Å². The van der Waals surface area contributed by atoms with Crippen molar-refractivity contribution in [1.82, 2.24) is 0 Å². The molecule has 3 aromatic rings. The fraction of sp³-hybridized carbons (Fsp3) is 0.207. The first-order valence-electron chi connectivity index (χ1n) is 10.7. The van der Waals surface area contributed by atoms with Crippen LogP contribution in [0.25, 0.3) is 0 Å². The SMILES string of the molecule is CC(=C\CCc1ccccc1)/C(=C/CCc1ccccc1)CC(=O)c1ccccc1. The zero-order valence-corrected chi connectivity index (χ0v) is 17.8. The molecule has 0 spiro atoms. The highest BCUT2D eigenvalue weighted by molar-refractivity contribution is 5.97. The largest absolute Gasteiger partial charge is 0.294 e. The molecule has 0 N–H and O–H groups in total. The quantitative estimate of drug-likeness (QED) is 0.259. The second kappa shape index (κ2) is 11.7. The van der Waals surface area contributed by atoms with Gasteiger partial charge in [0.15, 0.2) is 5.78 Å². The number of aryl methyl sites for hydroxylation is 2. The van der Waals surface area contributed by atoms with Gasteiger partial charge in [-0.15, -0.1) is 0 Å². The number of hydrogen-bond acceptors (Lipinski definition) is 1. The van der Waals surface area contributed by atoms with E-state index in [9.17, 15) is 4.79 Å². The molecule has 152 valence electrons. The Morgan fingerprint density at radius 3 is 1.67 bits per heavy atom. The van der Waals surface area contributed by atoms with Crippen LogP contribution in [-0.4, -0.2) is 5.78 Å².